The second-order valence-corrected chi connectivity index (χ2v) is 6.61. The van der Waals surface area contributed by atoms with E-state index in [0.29, 0.717) is 12.3 Å². The smallest absolute Gasteiger partial charge is 0.223 e. The van der Waals surface area contributed by atoms with Crippen LogP contribution in [0, 0.1) is 5.92 Å². The summed E-state index contributed by atoms with van der Waals surface area (Å²) in [6.45, 7) is 3.91. The van der Waals surface area contributed by atoms with Gasteiger partial charge in [0.25, 0.3) is 0 Å². The van der Waals surface area contributed by atoms with Gasteiger partial charge in [-0.2, -0.15) is 13.2 Å². The molecule has 0 heterocycles. The maximum Gasteiger partial charge on any atom is 0.403 e. The van der Waals surface area contributed by atoms with Gasteiger partial charge in [0.1, 0.15) is 0 Å². The van der Waals surface area contributed by atoms with Gasteiger partial charge in [0.05, 0.1) is 4.90 Å². The first-order valence-electron chi connectivity index (χ1n) is 5.48. The van der Waals surface area contributed by atoms with E-state index in [-0.39, 0.29) is 4.90 Å². The number of rotatable bonds is 4. The van der Waals surface area contributed by atoms with Gasteiger partial charge >= 0.3 is 6.18 Å². The quantitative estimate of drug-likeness (QED) is 0.848. The summed E-state index contributed by atoms with van der Waals surface area (Å²) in [6, 6.07) is 5.71. The summed E-state index contributed by atoms with van der Waals surface area (Å²) in [4.78, 5) is -0.266. The van der Waals surface area contributed by atoms with Crippen molar-refractivity contribution in [3.8, 4) is 0 Å². The Balaban J connectivity index is 3.03. The molecule has 0 radical (unpaired) electrons. The van der Waals surface area contributed by atoms with Crippen molar-refractivity contribution in [3.63, 3.8) is 0 Å². The van der Waals surface area contributed by atoms with E-state index in [2.05, 4.69) is 0 Å². The Morgan fingerprint density at radius 2 is 1.83 bits per heavy atom. The molecular weight excluding hydrogens is 265 g/mol. The molecule has 0 unspecified atom stereocenters. The monoisotopic (exact) mass is 280 g/mol. The Bertz CT molecular complexity index is 504. The van der Waals surface area contributed by atoms with Crippen LogP contribution in [0.15, 0.2) is 29.2 Å². The van der Waals surface area contributed by atoms with Crippen molar-refractivity contribution in [1.29, 1.82) is 0 Å². The van der Waals surface area contributed by atoms with Crippen LogP contribution in [-0.4, -0.2) is 20.3 Å². The van der Waals surface area contributed by atoms with Gasteiger partial charge in [0.2, 0.25) is 0 Å². The third-order valence-corrected chi connectivity index (χ3v) is 3.93. The highest BCUT2D eigenvalue weighted by atomic mass is 32.2. The summed E-state index contributed by atoms with van der Waals surface area (Å²) in [5.74, 6) is -1.50. The number of benzene rings is 1. The molecule has 0 aliphatic heterocycles. The molecule has 18 heavy (non-hydrogen) atoms. The van der Waals surface area contributed by atoms with Crippen LogP contribution in [0.2, 0.25) is 0 Å². The Kier molecular flexibility index (Phi) is 4.42. The minimum atomic E-state index is -4.72. The first-order valence-corrected chi connectivity index (χ1v) is 7.14. The van der Waals surface area contributed by atoms with E-state index >= 15 is 0 Å². The van der Waals surface area contributed by atoms with Crippen LogP contribution in [-0.2, 0) is 16.3 Å². The van der Waals surface area contributed by atoms with E-state index in [9.17, 15) is 21.6 Å². The number of alkyl halides is 3. The van der Waals surface area contributed by atoms with E-state index in [1.807, 2.05) is 13.8 Å². The van der Waals surface area contributed by atoms with Crippen molar-refractivity contribution in [1.82, 2.24) is 0 Å². The lowest BCUT2D eigenvalue weighted by Gasteiger charge is -2.10. The second-order valence-electron chi connectivity index (χ2n) is 4.62. The van der Waals surface area contributed by atoms with Crippen molar-refractivity contribution < 1.29 is 21.6 Å². The molecule has 0 atom stereocenters. The van der Waals surface area contributed by atoms with E-state index in [1.54, 1.807) is 6.07 Å². The lowest BCUT2D eigenvalue weighted by molar-refractivity contribution is -0.106. The van der Waals surface area contributed by atoms with Crippen LogP contribution < -0.4 is 0 Å². The highest BCUT2D eigenvalue weighted by Gasteiger charge is 2.35. The van der Waals surface area contributed by atoms with Crippen molar-refractivity contribution in [2.45, 2.75) is 31.3 Å². The van der Waals surface area contributed by atoms with Crippen LogP contribution in [0.4, 0.5) is 13.2 Å². The number of hydrogen-bond donors (Lipinski definition) is 0. The summed E-state index contributed by atoms with van der Waals surface area (Å²) in [5, 5.41) is 0. The Labute approximate surface area is 105 Å². The molecule has 6 heteroatoms. The molecule has 1 aromatic rings. The fourth-order valence-electron chi connectivity index (χ4n) is 1.64. The molecule has 2 nitrogen and oxygen atoms in total. The van der Waals surface area contributed by atoms with Crippen LogP contribution >= 0.6 is 0 Å². The molecule has 0 N–H and O–H groups in total. The van der Waals surface area contributed by atoms with Gasteiger partial charge in [0, 0.05) is 0 Å². The molecule has 0 amide bonds. The van der Waals surface area contributed by atoms with E-state index in [0.717, 1.165) is 5.56 Å². The summed E-state index contributed by atoms with van der Waals surface area (Å²) in [5.41, 5.74) is 0.730. The fraction of sp³-hybridized carbons (Fsp3) is 0.500. The summed E-state index contributed by atoms with van der Waals surface area (Å²) in [6.07, 6.45) is -4.08. The summed E-state index contributed by atoms with van der Waals surface area (Å²) >= 11 is 0. The molecule has 0 saturated heterocycles. The van der Waals surface area contributed by atoms with Gasteiger partial charge in [-0.15, -0.1) is 0 Å². The SMILES string of the molecule is CC(C)Cc1cccc(S(=O)(=O)CC(F)(F)F)c1. The maximum absolute atomic E-state index is 12.2. The van der Waals surface area contributed by atoms with E-state index in [4.69, 9.17) is 0 Å². The Morgan fingerprint density at radius 1 is 1.22 bits per heavy atom. The number of halogens is 3. The molecule has 102 valence electrons. The molecule has 1 rings (SSSR count). The largest absolute Gasteiger partial charge is 0.403 e. The lowest BCUT2D eigenvalue weighted by atomic mass is 10.0. The Hall–Kier alpha value is -1.04. The molecule has 0 aliphatic carbocycles. The average molecular weight is 280 g/mol. The standard InChI is InChI=1S/C12H15F3O2S/c1-9(2)6-10-4-3-5-11(7-10)18(16,17)8-12(13,14)15/h3-5,7,9H,6,8H2,1-2H3. The van der Waals surface area contributed by atoms with Gasteiger partial charge in [0.15, 0.2) is 15.6 Å². The molecule has 0 aromatic heterocycles. The highest BCUT2D eigenvalue weighted by molar-refractivity contribution is 7.91. The summed E-state index contributed by atoms with van der Waals surface area (Å²) < 4.78 is 59.6. The molecule has 0 bridgehead atoms. The zero-order chi connectivity index (χ0) is 14.0. The molecule has 0 aliphatic rings. The first-order chi connectivity index (χ1) is 8.10. The Morgan fingerprint density at radius 3 is 2.33 bits per heavy atom. The maximum atomic E-state index is 12.2. The minimum Gasteiger partial charge on any atom is -0.223 e. The normalized spacial score (nSPS) is 13.0. The second kappa shape index (κ2) is 5.30. The van der Waals surface area contributed by atoms with Crippen LogP contribution in [0.3, 0.4) is 0 Å². The molecule has 0 saturated carbocycles. The van der Waals surface area contributed by atoms with Crippen LogP contribution in [0.25, 0.3) is 0 Å². The van der Waals surface area contributed by atoms with Gasteiger partial charge in [-0.1, -0.05) is 26.0 Å². The fourth-order valence-corrected chi connectivity index (χ4v) is 2.85. The van der Waals surface area contributed by atoms with Gasteiger partial charge in [-0.3, -0.25) is 0 Å². The van der Waals surface area contributed by atoms with Crippen molar-refractivity contribution in [2.24, 2.45) is 5.92 Å². The third-order valence-electron chi connectivity index (χ3n) is 2.26. The van der Waals surface area contributed by atoms with Crippen molar-refractivity contribution in [2.75, 3.05) is 5.75 Å². The van der Waals surface area contributed by atoms with E-state index < -0.39 is 21.8 Å². The van der Waals surface area contributed by atoms with Gasteiger partial charge < -0.3 is 0 Å². The molecular formula is C12H15F3O2S. The minimum absolute atomic E-state index is 0.266. The number of hydrogen-bond acceptors (Lipinski definition) is 2. The predicted octanol–water partition coefficient (Wildman–Crippen LogP) is 3.22. The molecule has 0 spiro atoms. The lowest BCUT2D eigenvalue weighted by Crippen LogP contribution is -2.23. The van der Waals surface area contributed by atoms with Crippen LogP contribution in [0.1, 0.15) is 19.4 Å². The topological polar surface area (TPSA) is 34.1 Å². The van der Waals surface area contributed by atoms with Crippen LogP contribution in [0.5, 0.6) is 0 Å². The third kappa shape index (κ3) is 4.68. The summed E-state index contributed by atoms with van der Waals surface area (Å²) in [7, 11) is -4.30. The van der Waals surface area contributed by atoms with Gasteiger partial charge in [-0.05, 0) is 30.0 Å². The predicted molar refractivity (Wildman–Crippen MR) is 63.1 cm³/mol. The molecule has 1 aromatic carbocycles. The molecule has 0 fully saturated rings. The highest BCUT2D eigenvalue weighted by Crippen LogP contribution is 2.23. The van der Waals surface area contributed by atoms with Gasteiger partial charge in [-0.25, -0.2) is 8.42 Å². The zero-order valence-corrected chi connectivity index (χ0v) is 11.0. The first kappa shape index (κ1) is 15.0. The zero-order valence-electron chi connectivity index (χ0n) is 10.2. The number of sulfone groups is 1. The van der Waals surface area contributed by atoms with Crippen molar-refractivity contribution in [3.05, 3.63) is 29.8 Å². The van der Waals surface area contributed by atoms with Crippen molar-refractivity contribution >= 4 is 9.84 Å². The van der Waals surface area contributed by atoms with E-state index in [1.165, 1.54) is 18.2 Å². The average Bonchev–Trinajstić information content (AvgIpc) is 2.13.